The van der Waals surface area contributed by atoms with Crippen molar-refractivity contribution in [3.8, 4) is 0 Å². The summed E-state index contributed by atoms with van der Waals surface area (Å²) >= 11 is 0. The van der Waals surface area contributed by atoms with Gasteiger partial charge in [0.1, 0.15) is 0 Å². The molecule has 2 nitrogen and oxygen atoms in total. The molecule has 0 saturated carbocycles. The first-order chi connectivity index (χ1) is 13.2. The van der Waals surface area contributed by atoms with Crippen LogP contribution >= 0.6 is 0 Å². The van der Waals surface area contributed by atoms with Gasteiger partial charge in [-0.3, -0.25) is 0 Å². The summed E-state index contributed by atoms with van der Waals surface area (Å²) in [5.74, 6) is 1.15. The van der Waals surface area contributed by atoms with Gasteiger partial charge in [0.15, 0.2) is 0 Å². The molecule has 0 heterocycles. The Kier molecular flexibility index (Phi) is 9.58. The predicted octanol–water partition coefficient (Wildman–Crippen LogP) is 5.31. The molecule has 0 aliphatic carbocycles. The summed E-state index contributed by atoms with van der Waals surface area (Å²) in [6, 6.07) is 22.2. The Hall–Kier alpha value is -1.64. The molecule has 1 atom stereocenters. The average molecular weight is 367 g/mol. The highest BCUT2D eigenvalue weighted by Crippen LogP contribution is 2.30. The number of rotatable bonds is 12. The van der Waals surface area contributed by atoms with Crippen LogP contribution in [0.5, 0.6) is 0 Å². The van der Waals surface area contributed by atoms with Crippen LogP contribution in [-0.4, -0.2) is 49.1 Å². The molecular weight excluding hydrogens is 328 g/mol. The van der Waals surface area contributed by atoms with Crippen molar-refractivity contribution in [3.63, 3.8) is 0 Å². The van der Waals surface area contributed by atoms with Gasteiger partial charge in [0.2, 0.25) is 0 Å². The topological polar surface area (TPSA) is 6.48 Å². The molecule has 2 aromatic rings. The minimum Gasteiger partial charge on any atom is -0.304 e. The summed E-state index contributed by atoms with van der Waals surface area (Å²) in [5, 5.41) is 0. The van der Waals surface area contributed by atoms with Crippen LogP contribution in [0.25, 0.3) is 0 Å². The van der Waals surface area contributed by atoms with Crippen molar-refractivity contribution >= 4 is 0 Å². The summed E-state index contributed by atoms with van der Waals surface area (Å²) in [4.78, 5) is 5.18. The van der Waals surface area contributed by atoms with Crippen molar-refractivity contribution < 1.29 is 0 Å². The SMILES string of the molecule is CCN(CC)CC(CN(CC)CC)C(Cc1ccccc1)c1ccccc1. The fourth-order valence-corrected chi connectivity index (χ4v) is 4.06. The van der Waals surface area contributed by atoms with Gasteiger partial charge in [-0.2, -0.15) is 0 Å². The molecule has 148 valence electrons. The third kappa shape index (κ3) is 6.79. The lowest BCUT2D eigenvalue weighted by molar-refractivity contribution is 0.171. The summed E-state index contributed by atoms with van der Waals surface area (Å²) in [5.41, 5.74) is 2.92. The molecule has 0 aromatic heterocycles. The van der Waals surface area contributed by atoms with Gasteiger partial charge in [-0.05, 0) is 55.6 Å². The lowest BCUT2D eigenvalue weighted by Gasteiger charge is -2.35. The maximum absolute atomic E-state index is 2.59. The van der Waals surface area contributed by atoms with Crippen molar-refractivity contribution in [2.45, 2.75) is 40.0 Å². The first-order valence-corrected chi connectivity index (χ1v) is 10.7. The van der Waals surface area contributed by atoms with E-state index in [1.54, 1.807) is 0 Å². The Morgan fingerprint density at radius 3 is 1.52 bits per heavy atom. The van der Waals surface area contributed by atoms with Crippen molar-refractivity contribution in [2.75, 3.05) is 39.3 Å². The van der Waals surface area contributed by atoms with Crippen molar-refractivity contribution in [2.24, 2.45) is 5.92 Å². The molecule has 2 aromatic carbocycles. The van der Waals surface area contributed by atoms with Crippen LogP contribution in [0.2, 0.25) is 0 Å². The Morgan fingerprint density at radius 2 is 1.07 bits per heavy atom. The van der Waals surface area contributed by atoms with Gasteiger partial charge in [-0.15, -0.1) is 0 Å². The van der Waals surface area contributed by atoms with Crippen LogP contribution in [0.4, 0.5) is 0 Å². The van der Waals surface area contributed by atoms with E-state index in [2.05, 4.69) is 98.2 Å². The number of benzene rings is 2. The van der Waals surface area contributed by atoms with Crippen molar-refractivity contribution in [1.29, 1.82) is 0 Å². The standard InChI is InChI=1S/C25H38N2/c1-5-26(6-2)20-24(21-27(7-3)8-4)25(23-17-13-10-14-18-23)19-22-15-11-9-12-16-22/h9-18,24-25H,5-8,19-21H2,1-4H3. The third-order valence-corrected chi connectivity index (χ3v) is 5.87. The van der Waals surface area contributed by atoms with Gasteiger partial charge < -0.3 is 9.80 Å². The molecule has 2 heteroatoms. The van der Waals surface area contributed by atoms with Crippen LogP contribution in [0.15, 0.2) is 60.7 Å². The van der Waals surface area contributed by atoms with Crippen LogP contribution < -0.4 is 0 Å². The molecule has 0 saturated heterocycles. The molecule has 27 heavy (non-hydrogen) atoms. The number of nitrogens with zero attached hydrogens (tertiary/aromatic N) is 2. The van der Waals surface area contributed by atoms with E-state index in [0.29, 0.717) is 11.8 Å². The minimum atomic E-state index is 0.537. The van der Waals surface area contributed by atoms with Gasteiger partial charge in [-0.25, -0.2) is 0 Å². The Bertz CT molecular complexity index is 589. The highest BCUT2D eigenvalue weighted by atomic mass is 15.1. The lowest BCUT2D eigenvalue weighted by Crippen LogP contribution is -2.40. The van der Waals surface area contributed by atoms with Gasteiger partial charge in [-0.1, -0.05) is 88.4 Å². The fraction of sp³-hybridized carbons (Fsp3) is 0.520. The maximum atomic E-state index is 2.59. The molecule has 0 aliphatic rings. The Morgan fingerprint density at radius 1 is 0.630 bits per heavy atom. The molecule has 0 bridgehead atoms. The van der Waals surface area contributed by atoms with E-state index in [4.69, 9.17) is 0 Å². The third-order valence-electron chi connectivity index (χ3n) is 5.87. The largest absolute Gasteiger partial charge is 0.304 e. The molecule has 0 N–H and O–H groups in total. The van der Waals surface area contributed by atoms with Crippen LogP contribution in [0.3, 0.4) is 0 Å². The van der Waals surface area contributed by atoms with Crippen molar-refractivity contribution in [3.05, 3.63) is 71.8 Å². The van der Waals surface area contributed by atoms with Gasteiger partial charge >= 0.3 is 0 Å². The quantitative estimate of drug-likeness (QED) is 0.502. The normalized spacial score (nSPS) is 12.9. The first kappa shape index (κ1) is 21.7. The smallest absolute Gasteiger partial charge is 0.00276 e. The predicted molar refractivity (Wildman–Crippen MR) is 118 cm³/mol. The second kappa shape index (κ2) is 11.9. The summed E-state index contributed by atoms with van der Waals surface area (Å²) in [6.45, 7) is 16.0. The summed E-state index contributed by atoms with van der Waals surface area (Å²) < 4.78 is 0. The first-order valence-electron chi connectivity index (χ1n) is 10.7. The summed E-state index contributed by atoms with van der Waals surface area (Å²) in [6.07, 6.45) is 1.11. The zero-order chi connectivity index (χ0) is 19.5. The zero-order valence-corrected chi connectivity index (χ0v) is 17.8. The van der Waals surface area contributed by atoms with Crippen molar-refractivity contribution in [1.82, 2.24) is 9.80 Å². The Labute approximate surface area is 167 Å². The zero-order valence-electron chi connectivity index (χ0n) is 17.8. The second-order valence-electron chi connectivity index (χ2n) is 7.44. The molecule has 0 fully saturated rings. The van der Waals surface area contributed by atoms with E-state index in [1.165, 1.54) is 11.1 Å². The fourth-order valence-electron chi connectivity index (χ4n) is 4.06. The van der Waals surface area contributed by atoms with Crippen LogP contribution in [0.1, 0.15) is 44.7 Å². The van der Waals surface area contributed by atoms with E-state index < -0.39 is 0 Å². The van der Waals surface area contributed by atoms with Gasteiger partial charge in [0, 0.05) is 13.1 Å². The molecule has 1 unspecified atom stereocenters. The molecular formula is C25H38N2. The monoisotopic (exact) mass is 366 g/mol. The van der Waals surface area contributed by atoms with E-state index >= 15 is 0 Å². The van der Waals surface area contributed by atoms with Gasteiger partial charge in [0.25, 0.3) is 0 Å². The van der Waals surface area contributed by atoms with Crippen LogP contribution in [0, 0.1) is 5.92 Å². The molecule has 0 aliphatic heterocycles. The Balaban J connectivity index is 2.34. The molecule has 2 rings (SSSR count). The average Bonchev–Trinajstić information content (AvgIpc) is 2.74. The second-order valence-corrected chi connectivity index (χ2v) is 7.44. The van der Waals surface area contributed by atoms with E-state index in [-0.39, 0.29) is 0 Å². The minimum absolute atomic E-state index is 0.537. The molecule has 0 radical (unpaired) electrons. The van der Waals surface area contributed by atoms with E-state index in [9.17, 15) is 0 Å². The van der Waals surface area contributed by atoms with Crippen LogP contribution in [-0.2, 0) is 6.42 Å². The molecule has 0 amide bonds. The molecule has 0 spiro atoms. The summed E-state index contributed by atoms with van der Waals surface area (Å²) in [7, 11) is 0. The highest BCUT2D eigenvalue weighted by Gasteiger charge is 2.26. The highest BCUT2D eigenvalue weighted by molar-refractivity contribution is 5.25. The van der Waals surface area contributed by atoms with E-state index in [0.717, 1.165) is 45.7 Å². The van der Waals surface area contributed by atoms with Gasteiger partial charge in [0.05, 0.1) is 0 Å². The van der Waals surface area contributed by atoms with E-state index in [1.807, 2.05) is 0 Å². The maximum Gasteiger partial charge on any atom is 0.00276 e. The number of hydrogen-bond acceptors (Lipinski definition) is 2. The number of hydrogen-bond donors (Lipinski definition) is 0. The lowest BCUT2D eigenvalue weighted by atomic mass is 9.80.